The fourth-order valence-electron chi connectivity index (χ4n) is 3.74. The van der Waals surface area contributed by atoms with Crippen molar-refractivity contribution in [2.45, 2.75) is 52.5 Å². The van der Waals surface area contributed by atoms with E-state index in [0.717, 1.165) is 25.7 Å². The van der Waals surface area contributed by atoms with Gasteiger partial charge in [-0.05, 0) is 37.0 Å². The van der Waals surface area contributed by atoms with Crippen molar-refractivity contribution in [3.8, 4) is 0 Å². The standard InChI is InChI=1S/C15H27N3O2/c1-9(2)11(16)13(20)18-8-15(10(3)12(17)19)7-6-14(15)4-5-14/h9-11H,4-8,16H2,1-3H3,(H2,17,19)(H,18,20)/t10?,11?,15-/m0/s1. The summed E-state index contributed by atoms with van der Waals surface area (Å²) in [7, 11) is 0. The Kier molecular flexibility index (Phi) is 3.84. The maximum Gasteiger partial charge on any atom is 0.237 e. The molecule has 0 saturated heterocycles. The third kappa shape index (κ3) is 2.22. The summed E-state index contributed by atoms with van der Waals surface area (Å²) in [5.74, 6) is -0.484. The second-order valence-corrected chi connectivity index (χ2v) is 7.05. The van der Waals surface area contributed by atoms with Gasteiger partial charge in [-0.1, -0.05) is 20.8 Å². The lowest BCUT2D eigenvalue weighted by Gasteiger charge is -2.54. The van der Waals surface area contributed by atoms with Gasteiger partial charge in [0.1, 0.15) is 0 Å². The van der Waals surface area contributed by atoms with Gasteiger partial charge in [0, 0.05) is 17.9 Å². The molecule has 0 heterocycles. The van der Waals surface area contributed by atoms with E-state index in [1.165, 1.54) is 0 Å². The molecule has 0 radical (unpaired) electrons. The number of carbonyl (C=O) groups excluding carboxylic acids is 2. The molecule has 0 aliphatic heterocycles. The van der Waals surface area contributed by atoms with Crippen LogP contribution in [0.4, 0.5) is 0 Å². The maximum atomic E-state index is 12.0. The minimum Gasteiger partial charge on any atom is -0.369 e. The summed E-state index contributed by atoms with van der Waals surface area (Å²) in [4.78, 5) is 23.7. The zero-order chi connectivity index (χ0) is 15.1. The van der Waals surface area contributed by atoms with Crippen LogP contribution in [0.2, 0.25) is 0 Å². The number of hydrogen-bond acceptors (Lipinski definition) is 3. The van der Waals surface area contributed by atoms with Crippen molar-refractivity contribution < 1.29 is 9.59 Å². The van der Waals surface area contributed by atoms with Gasteiger partial charge in [-0.3, -0.25) is 9.59 Å². The van der Waals surface area contributed by atoms with Gasteiger partial charge < -0.3 is 16.8 Å². The number of amides is 2. The molecule has 114 valence electrons. The van der Waals surface area contributed by atoms with Crippen LogP contribution in [0.5, 0.6) is 0 Å². The fraction of sp³-hybridized carbons (Fsp3) is 0.867. The van der Waals surface area contributed by atoms with Crippen LogP contribution in [0.3, 0.4) is 0 Å². The van der Waals surface area contributed by atoms with Crippen molar-refractivity contribution in [2.24, 2.45) is 34.1 Å². The lowest BCUT2D eigenvalue weighted by atomic mass is 9.51. The first kappa shape index (κ1) is 15.3. The molecule has 5 heteroatoms. The maximum absolute atomic E-state index is 12.0. The zero-order valence-electron chi connectivity index (χ0n) is 12.7. The average Bonchev–Trinajstić information content (AvgIpc) is 3.18. The SMILES string of the molecule is CC(C)C(N)C(=O)NC[C@]1(C(C)C(N)=O)CCC12CC2. The van der Waals surface area contributed by atoms with Crippen molar-refractivity contribution in [3.63, 3.8) is 0 Å². The molecule has 0 aromatic rings. The number of nitrogens with one attached hydrogen (secondary N) is 1. The number of nitrogens with two attached hydrogens (primary N) is 2. The topological polar surface area (TPSA) is 98.2 Å². The van der Waals surface area contributed by atoms with E-state index in [1.54, 1.807) is 0 Å². The number of carbonyl (C=O) groups is 2. The molecule has 1 spiro atoms. The van der Waals surface area contributed by atoms with Crippen LogP contribution < -0.4 is 16.8 Å². The third-order valence-corrected chi connectivity index (χ3v) is 5.81. The van der Waals surface area contributed by atoms with E-state index in [9.17, 15) is 9.59 Å². The zero-order valence-corrected chi connectivity index (χ0v) is 12.7. The van der Waals surface area contributed by atoms with E-state index >= 15 is 0 Å². The lowest BCUT2D eigenvalue weighted by molar-refractivity contribution is -0.137. The summed E-state index contributed by atoms with van der Waals surface area (Å²) in [6, 6.07) is -0.494. The number of hydrogen-bond donors (Lipinski definition) is 3. The Bertz CT molecular complexity index is 417. The molecule has 2 amide bonds. The third-order valence-electron chi connectivity index (χ3n) is 5.81. The molecule has 2 saturated carbocycles. The van der Waals surface area contributed by atoms with Crippen LogP contribution in [-0.4, -0.2) is 24.4 Å². The Morgan fingerprint density at radius 3 is 2.05 bits per heavy atom. The minimum absolute atomic E-state index is 0.107. The molecular formula is C15H27N3O2. The molecule has 0 bridgehead atoms. The first-order valence-corrected chi connectivity index (χ1v) is 7.58. The normalized spacial score (nSPS) is 29.6. The monoisotopic (exact) mass is 281 g/mol. The van der Waals surface area contributed by atoms with E-state index in [0.29, 0.717) is 6.54 Å². The van der Waals surface area contributed by atoms with Crippen molar-refractivity contribution in [3.05, 3.63) is 0 Å². The Morgan fingerprint density at radius 1 is 1.15 bits per heavy atom. The summed E-state index contributed by atoms with van der Waals surface area (Å²) >= 11 is 0. The summed E-state index contributed by atoms with van der Waals surface area (Å²) in [5, 5.41) is 2.97. The predicted octanol–water partition coefficient (Wildman–Crippen LogP) is 0.768. The molecule has 20 heavy (non-hydrogen) atoms. The molecular weight excluding hydrogens is 254 g/mol. The highest BCUT2D eigenvalue weighted by molar-refractivity contribution is 5.82. The van der Waals surface area contributed by atoms with Gasteiger partial charge in [0.25, 0.3) is 0 Å². The molecule has 5 nitrogen and oxygen atoms in total. The van der Waals surface area contributed by atoms with Crippen LogP contribution in [-0.2, 0) is 9.59 Å². The first-order valence-electron chi connectivity index (χ1n) is 7.58. The van der Waals surface area contributed by atoms with Gasteiger partial charge in [-0.25, -0.2) is 0 Å². The predicted molar refractivity (Wildman–Crippen MR) is 77.5 cm³/mol. The van der Waals surface area contributed by atoms with Gasteiger partial charge in [-0.2, -0.15) is 0 Å². The average molecular weight is 281 g/mol. The number of primary amides is 1. The molecule has 2 aliphatic rings. The molecule has 0 aromatic carbocycles. The molecule has 0 aromatic heterocycles. The van der Waals surface area contributed by atoms with E-state index in [4.69, 9.17) is 11.5 Å². The summed E-state index contributed by atoms with van der Waals surface area (Å²) in [6.07, 6.45) is 4.42. The lowest BCUT2D eigenvalue weighted by Crippen LogP contribution is -2.58. The number of rotatable bonds is 6. The molecule has 2 unspecified atom stereocenters. The van der Waals surface area contributed by atoms with E-state index < -0.39 is 6.04 Å². The second kappa shape index (κ2) is 5.02. The highest BCUT2D eigenvalue weighted by Gasteiger charge is 2.68. The van der Waals surface area contributed by atoms with E-state index in [-0.39, 0.29) is 34.5 Å². The van der Waals surface area contributed by atoms with Crippen LogP contribution in [0, 0.1) is 22.7 Å². The Balaban J connectivity index is 2.04. The Morgan fingerprint density at radius 2 is 1.70 bits per heavy atom. The van der Waals surface area contributed by atoms with E-state index in [1.807, 2.05) is 20.8 Å². The molecule has 2 aliphatic carbocycles. The van der Waals surface area contributed by atoms with Gasteiger partial charge in [-0.15, -0.1) is 0 Å². The van der Waals surface area contributed by atoms with Crippen molar-refractivity contribution in [2.75, 3.05) is 6.54 Å². The van der Waals surface area contributed by atoms with Gasteiger partial charge >= 0.3 is 0 Å². The second-order valence-electron chi connectivity index (χ2n) is 7.05. The molecule has 2 rings (SSSR count). The smallest absolute Gasteiger partial charge is 0.237 e. The van der Waals surface area contributed by atoms with Crippen LogP contribution in [0.1, 0.15) is 46.5 Å². The summed E-state index contributed by atoms with van der Waals surface area (Å²) < 4.78 is 0. The quantitative estimate of drug-likeness (QED) is 0.670. The van der Waals surface area contributed by atoms with Crippen molar-refractivity contribution in [1.82, 2.24) is 5.32 Å². The molecule has 2 fully saturated rings. The van der Waals surface area contributed by atoms with E-state index in [2.05, 4.69) is 5.32 Å². The molecule has 5 N–H and O–H groups in total. The van der Waals surface area contributed by atoms with Crippen molar-refractivity contribution in [1.29, 1.82) is 0 Å². The first-order chi connectivity index (χ1) is 9.26. The van der Waals surface area contributed by atoms with Crippen LogP contribution in [0.15, 0.2) is 0 Å². The van der Waals surface area contributed by atoms with Gasteiger partial charge in [0.05, 0.1) is 6.04 Å². The molecule has 3 atom stereocenters. The van der Waals surface area contributed by atoms with Crippen LogP contribution >= 0.6 is 0 Å². The highest BCUT2D eigenvalue weighted by atomic mass is 16.2. The van der Waals surface area contributed by atoms with Crippen LogP contribution in [0.25, 0.3) is 0 Å². The highest BCUT2D eigenvalue weighted by Crippen LogP contribution is 2.73. The summed E-state index contributed by atoms with van der Waals surface area (Å²) in [6.45, 7) is 6.28. The minimum atomic E-state index is -0.494. The fourth-order valence-corrected chi connectivity index (χ4v) is 3.74. The van der Waals surface area contributed by atoms with Crippen molar-refractivity contribution >= 4 is 11.8 Å². The Hall–Kier alpha value is -1.10. The van der Waals surface area contributed by atoms with Gasteiger partial charge in [0.2, 0.25) is 11.8 Å². The van der Waals surface area contributed by atoms with Gasteiger partial charge in [0.15, 0.2) is 0 Å². The Labute approximate surface area is 120 Å². The summed E-state index contributed by atoms with van der Waals surface area (Å²) in [5.41, 5.74) is 11.5. The largest absolute Gasteiger partial charge is 0.369 e.